The molecule has 0 aromatic heterocycles. The fourth-order valence-electron chi connectivity index (χ4n) is 3.06. The first kappa shape index (κ1) is 12.6. The largest absolute Gasteiger partial charge is 0.314 e. The van der Waals surface area contributed by atoms with Crippen molar-refractivity contribution in [2.75, 3.05) is 6.54 Å². The highest BCUT2D eigenvalue weighted by Crippen LogP contribution is 2.32. The van der Waals surface area contributed by atoms with Crippen molar-refractivity contribution in [3.05, 3.63) is 35.4 Å². The van der Waals surface area contributed by atoms with Crippen LogP contribution >= 0.6 is 0 Å². The van der Waals surface area contributed by atoms with E-state index in [1.54, 1.807) is 5.56 Å². The maximum Gasteiger partial charge on any atom is 0.00727 e. The molecule has 0 radical (unpaired) electrons. The average Bonchev–Trinajstić information content (AvgIpc) is 2.55. The lowest BCUT2D eigenvalue weighted by molar-refractivity contribution is 0.449. The molecule has 1 saturated carbocycles. The molecule has 0 heterocycles. The second-order valence-corrected chi connectivity index (χ2v) is 5.39. The second-order valence-electron chi connectivity index (χ2n) is 5.39. The minimum Gasteiger partial charge on any atom is -0.314 e. The fraction of sp³-hybridized carbons (Fsp3) is 0.625. The summed E-state index contributed by atoms with van der Waals surface area (Å²) in [6.45, 7) is 5.51. The molecule has 1 N–H and O–H groups in total. The van der Waals surface area contributed by atoms with Gasteiger partial charge in [0.25, 0.3) is 0 Å². The van der Waals surface area contributed by atoms with Crippen molar-refractivity contribution in [2.24, 2.45) is 0 Å². The summed E-state index contributed by atoms with van der Waals surface area (Å²) in [4.78, 5) is 0. The minimum absolute atomic E-state index is 0.730. The van der Waals surface area contributed by atoms with E-state index in [9.17, 15) is 0 Å². The van der Waals surface area contributed by atoms with E-state index in [0.717, 1.165) is 18.5 Å². The van der Waals surface area contributed by atoms with E-state index in [0.29, 0.717) is 0 Å². The van der Waals surface area contributed by atoms with E-state index in [1.807, 2.05) is 0 Å². The zero-order valence-electron chi connectivity index (χ0n) is 11.2. The Bertz CT molecular complexity index is 345. The van der Waals surface area contributed by atoms with Crippen molar-refractivity contribution in [1.82, 2.24) is 5.32 Å². The molecular formula is C16H25N. The zero-order chi connectivity index (χ0) is 12.1. The van der Waals surface area contributed by atoms with Gasteiger partial charge >= 0.3 is 0 Å². The van der Waals surface area contributed by atoms with E-state index < -0.39 is 0 Å². The lowest BCUT2D eigenvalue weighted by Gasteiger charge is -2.21. The summed E-state index contributed by atoms with van der Waals surface area (Å²) in [5, 5.41) is 3.64. The van der Waals surface area contributed by atoms with Crippen LogP contribution < -0.4 is 5.32 Å². The van der Waals surface area contributed by atoms with Crippen molar-refractivity contribution in [1.29, 1.82) is 0 Å². The van der Waals surface area contributed by atoms with Crippen molar-refractivity contribution in [2.45, 2.75) is 57.9 Å². The highest BCUT2D eigenvalue weighted by atomic mass is 14.9. The predicted molar refractivity (Wildman–Crippen MR) is 74.5 cm³/mol. The number of aryl methyl sites for hydroxylation is 1. The smallest absolute Gasteiger partial charge is 0.00727 e. The summed E-state index contributed by atoms with van der Waals surface area (Å²) >= 11 is 0. The van der Waals surface area contributed by atoms with Gasteiger partial charge in [0.15, 0.2) is 0 Å². The molecule has 17 heavy (non-hydrogen) atoms. The van der Waals surface area contributed by atoms with Crippen LogP contribution in [0, 0.1) is 6.92 Å². The molecule has 2 rings (SSSR count). The van der Waals surface area contributed by atoms with E-state index in [2.05, 4.69) is 43.4 Å². The topological polar surface area (TPSA) is 12.0 Å². The molecule has 0 spiro atoms. The maximum atomic E-state index is 3.64. The SMILES string of the molecule is CCNC1CCCCC(c2cccc(C)c2)C1. The summed E-state index contributed by atoms with van der Waals surface area (Å²) < 4.78 is 0. The van der Waals surface area contributed by atoms with Gasteiger partial charge in [-0.25, -0.2) is 0 Å². The van der Waals surface area contributed by atoms with Crippen molar-refractivity contribution in [3.63, 3.8) is 0 Å². The Hall–Kier alpha value is -0.820. The Morgan fingerprint density at radius 2 is 2.06 bits per heavy atom. The van der Waals surface area contributed by atoms with Gasteiger partial charge in [0, 0.05) is 6.04 Å². The number of rotatable bonds is 3. The van der Waals surface area contributed by atoms with E-state index in [1.165, 1.54) is 37.7 Å². The molecular weight excluding hydrogens is 206 g/mol. The number of hydrogen-bond acceptors (Lipinski definition) is 1. The number of nitrogens with one attached hydrogen (secondary N) is 1. The van der Waals surface area contributed by atoms with Crippen molar-refractivity contribution >= 4 is 0 Å². The van der Waals surface area contributed by atoms with Crippen LogP contribution in [0.4, 0.5) is 0 Å². The van der Waals surface area contributed by atoms with Crippen LogP contribution in [0.15, 0.2) is 24.3 Å². The summed E-state index contributed by atoms with van der Waals surface area (Å²) in [6.07, 6.45) is 6.82. The summed E-state index contributed by atoms with van der Waals surface area (Å²) in [6, 6.07) is 9.82. The van der Waals surface area contributed by atoms with Crippen LogP contribution in [-0.4, -0.2) is 12.6 Å². The van der Waals surface area contributed by atoms with Crippen LogP contribution in [0.5, 0.6) is 0 Å². The third kappa shape index (κ3) is 3.57. The molecule has 0 aliphatic heterocycles. The van der Waals surface area contributed by atoms with Crippen molar-refractivity contribution < 1.29 is 0 Å². The highest BCUT2D eigenvalue weighted by Gasteiger charge is 2.20. The first-order valence-corrected chi connectivity index (χ1v) is 7.09. The summed E-state index contributed by atoms with van der Waals surface area (Å²) in [5.41, 5.74) is 2.95. The molecule has 1 aliphatic carbocycles. The third-order valence-corrected chi connectivity index (χ3v) is 3.93. The molecule has 2 unspecified atom stereocenters. The first-order valence-electron chi connectivity index (χ1n) is 7.09. The van der Waals surface area contributed by atoms with E-state index in [-0.39, 0.29) is 0 Å². The maximum absolute atomic E-state index is 3.64. The molecule has 94 valence electrons. The molecule has 1 aromatic carbocycles. The number of benzene rings is 1. The quantitative estimate of drug-likeness (QED) is 0.775. The van der Waals surface area contributed by atoms with Gasteiger partial charge in [-0.3, -0.25) is 0 Å². The van der Waals surface area contributed by atoms with Gasteiger partial charge in [-0.1, -0.05) is 49.6 Å². The molecule has 1 aromatic rings. The molecule has 2 atom stereocenters. The van der Waals surface area contributed by atoms with Gasteiger partial charge in [-0.15, -0.1) is 0 Å². The van der Waals surface area contributed by atoms with Crippen LogP contribution in [0.25, 0.3) is 0 Å². The number of hydrogen-bond donors (Lipinski definition) is 1. The standard InChI is InChI=1S/C16H25N/c1-3-17-16-10-5-4-8-15(12-16)14-9-6-7-13(2)11-14/h6-7,9,11,15-17H,3-5,8,10,12H2,1-2H3. The average molecular weight is 231 g/mol. The molecule has 0 amide bonds. The lowest BCUT2D eigenvalue weighted by Crippen LogP contribution is -2.29. The lowest BCUT2D eigenvalue weighted by atomic mass is 9.89. The minimum atomic E-state index is 0.730. The Morgan fingerprint density at radius 1 is 1.24 bits per heavy atom. The highest BCUT2D eigenvalue weighted by molar-refractivity contribution is 5.25. The summed E-state index contributed by atoms with van der Waals surface area (Å²) in [7, 11) is 0. The third-order valence-electron chi connectivity index (χ3n) is 3.93. The van der Waals surface area contributed by atoms with Crippen LogP contribution in [0.1, 0.15) is 56.1 Å². The van der Waals surface area contributed by atoms with Gasteiger partial charge in [-0.2, -0.15) is 0 Å². The predicted octanol–water partition coefficient (Wildman–Crippen LogP) is 4.02. The van der Waals surface area contributed by atoms with Gasteiger partial charge in [0.1, 0.15) is 0 Å². The van der Waals surface area contributed by atoms with Gasteiger partial charge in [0.05, 0.1) is 0 Å². The monoisotopic (exact) mass is 231 g/mol. The second kappa shape index (κ2) is 6.20. The van der Waals surface area contributed by atoms with Crippen LogP contribution in [0.3, 0.4) is 0 Å². The molecule has 1 fully saturated rings. The van der Waals surface area contributed by atoms with Gasteiger partial charge in [-0.05, 0) is 44.2 Å². The Kier molecular flexibility index (Phi) is 4.61. The van der Waals surface area contributed by atoms with Crippen LogP contribution in [0.2, 0.25) is 0 Å². The Labute approximate surface area is 106 Å². The molecule has 1 heteroatoms. The molecule has 0 saturated heterocycles. The van der Waals surface area contributed by atoms with Crippen molar-refractivity contribution in [3.8, 4) is 0 Å². The molecule has 1 aliphatic rings. The Morgan fingerprint density at radius 3 is 2.82 bits per heavy atom. The normalized spacial score (nSPS) is 25.5. The van der Waals surface area contributed by atoms with Gasteiger partial charge < -0.3 is 5.32 Å². The van der Waals surface area contributed by atoms with E-state index >= 15 is 0 Å². The Balaban J connectivity index is 2.08. The fourth-order valence-corrected chi connectivity index (χ4v) is 3.06. The summed E-state index contributed by atoms with van der Waals surface area (Å²) in [5.74, 6) is 0.765. The molecule has 0 bridgehead atoms. The zero-order valence-corrected chi connectivity index (χ0v) is 11.2. The van der Waals surface area contributed by atoms with E-state index in [4.69, 9.17) is 0 Å². The van der Waals surface area contributed by atoms with Gasteiger partial charge in [0.2, 0.25) is 0 Å². The molecule has 1 nitrogen and oxygen atoms in total. The first-order chi connectivity index (χ1) is 8.29. The van der Waals surface area contributed by atoms with Crippen LogP contribution in [-0.2, 0) is 0 Å².